The third-order valence-corrected chi connectivity index (χ3v) is 4.15. The molecule has 4 heteroatoms. The number of hydrogen-bond acceptors (Lipinski definition) is 2. The van der Waals surface area contributed by atoms with Crippen LogP contribution < -0.4 is 0 Å². The first-order valence-corrected chi connectivity index (χ1v) is 6.81. The number of aromatic amines is 1. The molecule has 0 radical (unpaired) electrons. The first kappa shape index (κ1) is 11.9. The van der Waals surface area contributed by atoms with E-state index in [2.05, 4.69) is 41.6 Å². The third-order valence-electron chi connectivity index (χ3n) is 3.86. The molecule has 1 N–H and O–H groups in total. The van der Waals surface area contributed by atoms with Crippen molar-refractivity contribution in [3.05, 3.63) is 28.5 Å². The molecule has 0 bridgehead atoms. The highest BCUT2D eigenvalue weighted by Crippen LogP contribution is 2.32. The predicted molar refractivity (Wildman–Crippen MR) is 75.6 cm³/mol. The lowest BCUT2D eigenvalue weighted by molar-refractivity contribution is 0.0108. The van der Waals surface area contributed by atoms with Gasteiger partial charge >= 0.3 is 0 Å². The summed E-state index contributed by atoms with van der Waals surface area (Å²) in [4.78, 5) is 3.31. The zero-order valence-electron chi connectivity index (χ0n) is 10.8. The summed E-state index contributed by atoms with van der Waals surface area (Å²) in [6.07, 6.45) is 2.21. The van der Waals surface area contributed by atoms with Crippen LogP contribution in [0.2, 0.25) is 0 Å². The largest absolute Gasteiger partial charge is 0.379 e. The Labute approximate surface area is 112 Å². The molecule has 1 saturated heterocycles. The van der Waals surface area contributed by atoms with E-state index in [-0.39, 0.29) is 5.54 Å². The Morgan fingerprint density at radius 3 is 3.00 bits per heavy atom. The van der Waals surface area contributed by atoms with Crippen LogP contribution in [0.4, 0.5) is 0 Å². The number of nitrogens with zero attached hydrogens (tertiary/aromatic N) is 1. The van der Waals surface area contributed by atoms with Crippen molar-refractivity contribution in [3.63, 3.8) is 0 Å². The maximum Gasteiger partial charge on any atom is 0.178 e. The fourth-order valence-corrected chi connectivity index (χ4v) is 3.36. The number of rotatable bonds is 1. The van der Waals surface area contributed by atoms with E-state index >= 15 is 0 Å². The van der Waals surface area contributed by atoms with E-state index in [4.69, 9.17) is 17.0 Å². The second-order valence-electron chi connectivity index (χ2n) is 5.39. The van der Waals surface area contributed by atoms with E-state index in [0.717, 1.165) is 36.3 Å². The van der Waals surface area contributed by atoms with Gasteiger partial charge in [0.1, 0.15) is 0 Å². The molecule has 1 atom stereocenters. The highest BCUT2D eigenvalue weighted by Gasteiger charge is 2.32. The number of aryl methyl sites for hydroxylation is 1. The second-order valence-corrected chi connectivity index (χ2v) is 5.78. The maximum absolute atomic E-state index is 5.67. The summed E-state index contributed by atoms with van der Waals surface area (Å²) in [5.74, 6) is 0. The van der Waals surface area contributed by atoms with Gasteiger partial charge < -0.3 is 14.3 Å². The minimum atomic E-state index is -0.0281. The monoisotopic (exact) mass is 262 g/mol. The van der Waals surface area contributed by atoms with Gasteiger partial charge in [-0.15, -0.1) is 0 Å². The Kier molecular flexibility index (Phi) is 2.79. The molecule has 96 valence electrons. The van der Waals surface area contributed by atoms with Crippen LogP contribution in [0, 0.1) is 11.7 Å². The van der Waals surface area contributed by atoms with Crippen molar-refractivity contribution in [2.24, 2.45) is 0 Å². The minimum absolute atomic E-state index is 0.0281. The van der Waals surface area contributed by atoms with Gasteiger partial charge in [0.05, 0.1) is 23.2 Å². The second kappa shape index (κ2) is 4.21. The van der Waals surface area contributed by atoms with Crippen LogP contribution in [0.15, 0.2) is 18.2 Å². The molecule has 0 aliphatic carbocycles. The van der Waals surface area contributed by atoms with Crippen molar-refractivity contribution in [2.75, 3.05) is 13.2 Å². The zero-order chi connectivity index (χ0) is 12.8. The molecule has 0 saturated carbocycles. The van der Waals surface area contributed by atoms with Crippen molar-refractivity contribution in [1.29, 1.82) is 0 Å². The highest BCUT2D eigenvalue weighted by molar-refractivity contribution is 7.71. The fraction of sp³-hybridized carbons (Fsp3) is 0.500. The van der Waals surface area contributed by atoms with E-state index < -0.39 is 0 Å². The normalized spacial score (nSPS) is 24.6. The number of ether oxygens (including phenoxy) is 1. The lowest BCUT2D eigenvalue weighted by atomic mass is 9.94. The van der Waals surface area contributed by atoms with E-state index in [0.29, 0.717) is 0 Å². The third kappa shape index (κ3) is 1.71. The van der Waals surface area contributed by atoms with Crippen molar-refractivity contribution in [3.8, 4) is 0 Å². The van der Waals surface area contributed by atoms with Crippen molar-refractivity contribution < 1.29 is 4.74 Å². The van der Waals surface area contributed by atoms with Crippen LogP contribution >= 0.6 is 12.2 Å². The predicted octanol–water partition coefficient (Wildman–Crippen LogP) is 3.53. The van der Waals surface area contributed by atoms with E-state index in [9.17, 15) is 0 Å². The topological polar surface area (TPSA) is 29.9 Å². The van der Waals surface area contributed by atoms with E-state index in [1.54, 1.807) is 0 Å². The number of hydrogen-bond donors (Lipinski definition) is 1. The minimum Gasteiger partial charge on any atom is -0.379 e. The Morgan fingerprint density at radius 1 is 1.44 bits per heavy atom. The number of H-pyrrole nitrogens is 1. The SMILES string of the molecule is Cc1cccc2[nH]c(=S)n(C3(C)CCCOC3)c12. The van der Waals surface area contributed by atoms with Gasteiger partial charge in [-0.1, -0.05) is 12.1 Å². The van der Waals surface area contributed by atoms with E-state index in [1.807, 2.05) is 0 Å². The number of para-hydroxylation sites is 1. The lowest BCUT2D eigenvalue weighted by Gasteiger charge is -2.35. The maximum atomic E-state index is 5.67. The van der Waals surface area contributed by atoms with Crippen LogP contribution in [-0.4, -0.2) is 22.8 Å². The summed E-state index contributed by atoms with van der Waals surface area (Å²) in [6.45, 7) is 5.98. The molecule has 3 nitrogen and oxygen atoms in total. The highest BCUT2D eigenvalue weighted by atomic mass is 32.1. The van der Waals surface area contributed by atoms with Gasteiger partial charge in [-0.2, -0.15) is 0 Å². The van der Waals surface area contributed by atoms with Crippen LogP contribution in [0.3, 0.4) is 0 Å². The molecule has 3 rings (SSSR count). The van der Waals surface area contributed by atoms with Crippen LogP contribution in [0.1, 0.15) is 25.3 Å². The molecule has 1 aromatic heterocycles. The molecule has 0 spiro atoms. The van der Waals surface area contributed by atoms with Crippen molar-refractivity contribution in [2.45, 2.75) is 32.2 Å². The van der Waals surface area contributed by atoms with Gasteiger partial charge in [-0.25, -0.2) is 0 Å². The van der Waals surface area contributed by atoms with Gasteiger partial charge in [-0.3, -0.25) is 0 Å². The fourth-order valence-electron chi connectivity index (χ4n) is 2.94. The summed E-state index contributed by atoms with van der Waals surface area (Å²) >= 11 is 5.52. The molecular weight excluding hydrogens is 244 g/mol. The summed E-state index contributed by atoms with van der Waals surface area (Å²) in [5, 5.41) is 0. The summed E-state index contributed by atoms with van der Waals surface area (Å²) in [5.41, 5.74) is 3.56. The first-order chi connectivity index (χ1) is 8.62. The zero-order valence-corrected chi connectivity index (χ0v) is 11.6. The van der Waals surface area contributed by atoms with Gasteiger partial charge in [0.2, 0.25) is 0 Å². The molecule has 1 unspecified atom stereocenters. The number of benzene rings is 1. The van der Waals surface area contributed by atoms with Crippen molar-refractivity contribution in [1.82, 2.24) is 9.55 Å². The Morgan fingerprint density at radius 2 is 2.28 bits per heavy atom. The molecule has 18 heavy (non-hydrogen) atoms. The van der Waals surface area contributed by atoms with Gasteiger partial charge in [0, 0.05) is 6.61 Å². The lowest BCUT2D eigenvalue weighted by Crippen LogP contribution is -2.39. The van der Waals surface area contributed by atoms with Gasteiger partial charge in [0.25, 0.3) is 0 Å². The van der Waals surface area contributed by atoms with Crippen LogP contribution in [0.5, 0.6) is 0 Å². The smallest absolute Gasteiger partial charge is 0.178 e. The summed E-state index contributed by atoms with van der Waals surface area (Å²) in [7, 11) is 0. The Hall–Kier alpha value is -1.13. The number of aromatic nitrogens is 2. The number of nitrogens with one attached hydrogen (secondary N) is 1. The van der Waals surface area contributed by atoms with Crippen LogP contribution in [0.25, 0.3) is 11.0 Å². The number of fused-ring (bicyclic) bond motifs is 1. The molecule has 1 aromatic carbocycles. The van der Waals surface area contributed by atoms with Crippen LogP contribution in [-0.2, 0) is 10.3 Å². The average molecular weight is 262 g/mol. The molecule has 2 aromatic rings. The molecular formula is C14H18N2OS. The first-order valence-electron chi connectivity index (χ1n) is 6.40. The average Bonchev–Trinajstić information content (AvgIpc) is 2.68. The van der Waals surface area contributed by atoms with Crippen molar-refractivity contribution >= 4 is 23.3 Å². The molecule has 0 amide bonds. The molecule has 1 aliphatic rings. The van der Waals surface area contributed by atoms with Gasteiger partial charge in [0.15, 0.2) is 4.77 Å². The van der Waals surface area contributed by atoms with Gasteiger partial charge in [-0.05, 0) is 50.5 Å². The molecule has 1 aliphatic heterocycles. The number of imidazole rings is 1. The Balaban J connectivity index is 2.28. The summed E-state index contributed by atoms with van der Waals surface area (Å²) < 4.78 is 8.73. The van der Waals surface area contributed by atoms with E-state index in [1.165, 1.54) is 11.1 Å². The standard InChI is InChI=1S/C14H18N2OS/c1-10-5-3-6-11-12(10)16(13(18)15-11)14(2)7-4-8-17-9-14/h3,5-6H,4,7-9H2,1-2H3,(H,15,18). The quantitative estimate of drug-likeness (QED) is 0.797. The summed E-state index contributed by atoms with van der Waals surface area (Å²) in [6, 6.07) is 6.28. The molecule has 2 heterocycles. The molecule has 1 fully saturated rings. The Bertz CT molecular complexity index is 635.